The van der Waals surface area contributed by atoms with Gasteiger partial charge in [0.05, 0.1) is 0 Å². The van der Waals surface area contributed by atoms with E-state index in [1.165, 1.54) is 44.2 Å². The Kier molecular flexibility index (Phi) is 6.71. The Morgan fingerprint density at radius 2 is 1.56 bits per heavy atom. The van der Waals surface area contributed by atoms with Gasteiger partial charge in [0.2, 0.25) is 0 Å². The van der Waals surface area contributed by atoms with Crippen LogP contribution in [-0.2, 0) is 0 Å². The van der Waals surface area contributed by atoms with Gasteiger partial charge in [-0.15, -0.1) is 0 Å². The number of unbranched alkanes of at least 4 members (excludes halogenated alkanes) is 5. The third kappa shape index (κ3) is 5.79. The van der Waals surface area contributed by atoms with E-state index in [1.54, 1.807) is 0 Å². The Hall–Kier alpha value is -0.980. The van der Waals surface area contributed by atoms with Crippen LogP contribution in [0.15, 0.2) is 24.3 Å². The molecule has 0 saturated carbocycles. The largest absolute Gasteiger partial charge is 0.385 e. The monoisotopic (exact) mass is 218 g/mol. The van der Waals surface area contributed by atoms with Crippen molar-refractivity contribution in [2.45, 2.75) is 45.4 Å². The number of anilines is 1. The molecule has 0 heterocycles. The predicted octanol–water partition coefficient (Wildman–Crippen LogP) is 4.64. The first-order chi connectivity index (χ1) is 7.83. The molecule has 0 aromatic heterocycles. The summed E-state index contributed by atoms with van der Waals surface area (Å²) in [5, 5.41) is 3.43. The molecule has 1 N–H and O–H groups in total. The van der Waals surface area contributed by atoms with Gasteiger partial charge >= 0.3 is 0 Å². The lowest BCUT2D eigenvalue weighted by molar-refractivity contribution is 0.617. The SMILES string of the molecule is [CH2]c1ccc(NCCCCCCCC)cc1. The fourth-order valence-corrected chi connectivity index (χ4v) is 1.76. The molecular weight excluding hydrogens is 194 g/mol. The average Bonchev–Trinajstić information content (AvgIpc) is 2.30. The predicted molar refractivity (Wildman–Crippen MR) is 72.8 cm³/mol. The molecule has 1 aromatic carbocycles. The van der Waals surface area contributed by atoms with Gasteiger partial charge < -0.3 is 5.32 Å². The number of hydrogen-bond acceptors (Lipinski definition) is 1. The Morgan fingerprint density at radius 1 is 0.938 bits per heavy atom. The zero-order chi connectivity index (χ0) is 11.6. The van der Waals surface area contributed by atoms with Crippen molar-refractivity contribution in [1.82, 2.24) is 0 Å². The van der Waals surface area contributed by atoms with Crippen LogP contribution in [0.2, 0.25) is 0 Å². The molecule has 0 aliphatic carbocycles. The maximum Gasteiger partial charge on any atom is 0.0340 e. The minimum Gasteiger partial charge on any atom is -0.385 e. The van der Waals surface area contributed by atoms with Gasteiger partial charge in [-0.2, -0.15) is 0 Å². The van der Waals surface area contributed by atoms with Crippen LogP contribution in [-0.4, -0.2) is 6.54 Å². The number of rotatable bonds is 8. The highest BCUT2D eigenvalue weighted by molar-refractivity contribution is 5.44. The van der Waals surface area contributed by atoms with Crippen LogP contribution in [0.1, 0.15) is 51.0 Å². The Balaban J connectivity index is 2.01. The van der Waals surface area contributed by atoms with Crippen molar-refractivity contribution in [3.8, 4) is 0 Å². The van der Waals surface area contributed by atoms with Crippen LogP contribution in [0, 0.1) is 6.92 Å². The highest BCUT2D eigenvalue weighted by atomic mass is 14.9. The summed E-state index contributed by atoms with van der Waals surface area (Å²) in [5.74, 6) is 0. The van der Waals surface area contributed by atoms with E-state index in [4.69, 9.17) is 0 Å². The molecule has 16 heavy (non-hydrogen) atoms. The molecule has 0 unspecified atom stereocenters. The van der Waals surface area contributed by atoms with E-state index in [-0.39, 0.29) is 0 Å². The van der Waals surface area contributed by atoms with Gasteiger partial charge in [-0.25, -0.2) is 0 Å². The van der Waals surface area contributed by atoms with Gasteiger partial charge in [0.15, 0.2) is 0 Å². The quantitative estimate of drug-likeness (QED) is 0.627. The molecule has 0 aliphatic rings. The number of hydrogen-bond donors (Lipinski definition) is 1. The van der Waals surface area contributed by atoms with Gasteiger partial charge in [-0.3, -0.25) is 0 Å². The zero-order valence-electron chi connectivity index (χ0n) is 10.5. The molecule has 0 fully saturated rings. The summed E-state index contributed by atoms with van der Waals surface area (Å²) in [7, 11) is 0. The second kappa shape index (κ2) is 8.20. The highest BCUT2D eigenvalue weighted by Gasteiger charge is 1.92. The van der Waals surface area contributed by atoms with E-state index in [2.05, 4.69) is 31.3 Å². The topological polar surface area (TPSA) is 12.0 Å². The maximum absolute atomic E-state index is 3.87. The van der Waals surface area contributed by atoms with Crippen LogP contribution in [0.4, 0.5) is 5.69 Å². The van der Waals surface area contributed by atoms with Crippen molar-refractivity contribution in [3.05, 3.63) is 36.8 Å². The summed E-state index contributed by atoms with van der Waals surface area (Å²) in [5.41, 5.74) is 2.28. The minimum atomic E-state index is 1.07. The van der Waals surface area contributed by atoms with Crippen molar-refractivity contribution in [2.75, 3.05) is 11.9 Å². The first-order valence-electron chi connectivity index (χ1n) is 6.49. The van der Waals surface area contributed by atoms with Crippen molar-refractivity contribution in [3.63, 3.8) is 0 Å². The summed E-state index contributed by atoms with van der Waals surface area (Å²) >= 11 is 0. The smallest absolute Gasteiger partial charge is 0.0340 e. The molecule has 1 nitrogen and oxygen atoms in total. The summed E-state index contributed by atoms with van der Waals surface area (Å²) in [6.07, 6.45) is 8.12. The van der Waals surface area contributed by atoms with Gasteiger partial charge in [-0.05, 0) is 31.0 Å². The van der Waals surface area contributed by atoms with E-state index in [9.17, 15) is 0 Å². The molecule has 0 atom stereocenters. The van der Waals surface area contributed by atoms with Crippen LogP contribution in [0.3, 0.4) is 0 Å². The van der Waals surface area contributed by atoms with Crippen LogP contribution < -0.4 is 5.32 Å². The average molecular weight is 218 g/mol. The van der Waals surface area contributed by atoms with Gasteiger partial charge in [-0.1, -0.05) is 51.2 Å². The van der Waals surface area contributed by atoms with E-state index < -0.39 is 0 Å². The van der Waals surface area contributed by atoms with E-state index in [1.807, 2.05) is 12.1 Å². The van der Waals surface area contributed by atoms with E-state index in [0.717, 1.165) is 12.1 Å². The lowest BCUT2D eigenvalue weighted by Gasteiger charge is -2.06. The van der Waals surface area contributed by atoms with Gasteiger partial charge in [0.25, 0.3) is 0 Å². The Morgan fingerprint density at radius 3 is 2.25 bits per heavy atom. The summed E-state index contributed by atoms with van der Waals surface area (Å²) in [6.45, 7) is 7.22. The standard InChI is InChI=1S/C15H24N/c1-3-4-5-6-7-8-13-16-15-11-9-14(2)10-12-15/h9-12,16H,2-8,13H2,1H3. The van der Waals surface area contributed by atoms with Crippen molar-refractivity contribution in [1.29, 1.82) is 0 Å². The molecule has 89 valence electrons. The first-order valence-corrected chi connectivity index (χ1v) is 6.49. The third-order valence-corrected chi connectivity index (χ3v) is 2.81. The molecular formula is C15H24N. The van der Waals surface area contributed by atoms with Crippen LogP contribution in [0.25, 0.3) is 0 Å². The molecule has 0 amide bonds. The summed E-state index contributed by atoms with van der Waals surface area (Å²) in [4.78, 5) is 0. The second-order valence-electron chi connectivity index (χ2n) is 4.39. The van der Waals surface area contributed by atoms with Crippen molar-refractivity contribution < 1.29 is 0 Å². The lowest BCUT2D eigenvalue weighted by atomic mass is 10.1. The fraction of sp³-hybridized carbons (Fsp3) is 0.533. The number of benzene rings is 1. The van der Waals surface area contributed by atoms with Gasteiger partial charge in [0.1, 0.15) is 0 Å². The maximum atomic E-state index is 3.87. The van der Waals surface area contributed by atoms with E-state index >= 15 is 0 Å². The van der Waals surface area contributed by atoms with E-state index in [0.29, 0.717) is 0 Å². The molecule has 1 aromatic rings. The Bertz CT molecular complexity index is 263. The summed E-state index contributed by atoms with van der Waals surface area (Å²) in [6, 6.07) is 8.28. The molecule has 0 saturated heterocycles. The normalized spacial score (nSPS) is 10.4. The molecule has 0 bridgehead atoms. The Labute approximate surface area is 100 Å². The molecule has 0 aliphatic heterocycles. The van der Waals surface area contributed by atoms with Crippen molar-refractivity contribution in [2.24, 2.45) is 0 Å². The van der Waals surface area contributed by atoms with Gasteiger partial charge in [0, 0.05) is 12.2 Å². The van der Waals surface area contributed by atoms with Crippen LogP contribution >= 0.6 is 0 Å². The fourth-order valence-electron chi connectivity index (χ4n) is 1.76. The second-order valence-corrected chi connectivity index (χ2v) is 4.39. The van der Waals surface area contributed by atoms with Crippen LogP contribution in [0.5, 0.6) is 0 Å². The van der Waals surface area contributed by atoms with Crippen molar-refractivity contribution >= 4 is 5.69 Å². The highest BCUT2D eigenvalue weighted by Crippen LogP contribution is 2.09. The lowest BCUT2D eigenvalue weighted by Crippen LogP contribution is -2.01. The molecule has 0 spiro atoms. The third-order valence-electron chi connectivity index (χ3n) is 2.81. The zero-order valence-corrected chi connectivity index (χ0v) is 10.5. The summed E-state index contributed by atoms with van der Waals surface area (Å²) < 4.78 is 0. The molecule has 1 radical (unpaired) electrons. The number of nitrogens with one attached hydrogen (secondary N) is 1. The molecule has 1 rings (SSSR count). The minimum absolute atomic E-state index is 1.07. The molecule has 1 heteroatoms. The first kappa shape index (κ1) is 13.1.